The zero-order valence-corrected chi connectivity index (χ0v) is 7.19. The maximum Gasteiger partial charge on any atom is 0.406 e. The van der Waals surface area contributed by atoms with Gasteiger partial charge in [-0.3, -0.25) is 0 Å². The van der Waals surface area contributed by atoms with Crippen LogP contribution in [0.5, 0.6) is 0 Å². The molecule has 2 amide bonds. The molecule has 13 heavy (non-hydrogen) atoms. The van der Waals surface area contributed by atoms with Crippen LogP contribution < -0.4 is 5.32 Å². The van der Waals surface area contributed by atoms with E-state index in [2.05, 4.69) is 5.32 Å². The Kier molecular flexibility index (Phi) is 2.68. The molecule has 1 N–H and O–H groups in total. The maximum absolute atomic E-state index is 12.0. The highest BCUT2D eigenvalue weighted by Crippen LogP contribution is 2.20. The third-order valence-corrected chi connectivity index (χ3v) is 2.01. The Labute approximate surface area is 73.9 Å². The second-order valence-corrected chi connectivity index (χ2v) is 2.99. The van der Waals surface area contributed by atoms with Crippen molar-refractivity contribution in [3.63, 3.8) is 0 Å². The molecule has 0 radical (unpaired) electrons. The zero-order valence-electron chi connectivity index (χ0n) is 7.19. The van der Waals surface area contributed by atoms with Crippen LogP contribution in [0.2, 0.25) is 0 Å². The lowest BCUT2D eigenvalue weighted by molar-refractivity contribution is -0.141. The summed E-state index contributed by atoms with van der Waals surface area (Å²) in [6.45, 7) is 0.914. The molecule has 1 aliphatic rings. The van der Waals surface area contributed by atoms with Gasteiger partial charge in [0.2, 0.25) is 0 Å². The number of carbonyl (C=O) groups is 1. The number of carbonyl (C=O) groups excluding carboxylic acids is 1. The average molecular weight is 196 g/mol. The zero-order chi connectivity index (χ0) is 10.1. The van der Waals surface area contributed by atoms with E-state index in [9.17, 15) is 18.0 Å². The Morgan fingerprint density at radius 2 is 2.23 bits per heavy atom. The van der Waals surface area contributed by atoms with E-state index in [1.807, 2.05) is 0 Å². The molecule has 0 aliphatic carbocycles. The van der Waals surface area contributed by atoms with Crippen molar-refractivity contribution in [1.82, 2.24) is 10.2 Å². The van der Waals surface area contributed by atoms with Gasteiger partial charge < -0.3 is 10.2 Å². The molecular formula is C7H11F3N2O. The number of halogens is 3. The smallest absolute Gasteiger partial charge is 0.336 e. The lowest BCUT2D eigenvalue weighted by Gasteiger charge is -2.22. The first-order chi connectivity index (χ1) is 5.94. The fraction of sp³-hybridized carbons (Fsp3) is 0.857. The lowest BCUT2D eigenvalue weighted by Crippen LogP contribution is -2.41. The summed E-state index contributed by atoms with van der Waals surface area (Å²) in [5.74, 6) is 0. The van der Waals surface area contributed by atoms with Gasteiger partial charge in [-0.05, 0) is 6.42 Å². The minimum absolute atomic E-state index is 0.311. The molecule has 0 aromatic carbocycles. The van der Waals surface area contributed by atoms with Gasteiger partial charge in [-0.15, -0.1) is 0 Å². The second-order valence-electron chi connectivity index (χ2n) is 2.99. The van der Waals surface area contributed by atoms with Crippen LogP contribution in [-0.4, -0.2) is 36.2 Å². The highest BCUT2D eigenvalue weighted by molar-refractivity contribution is 5.76. The molecule has 1 rings (SSSR count). The summed E-state index contributed by atoms with van der Waals surface area (Å²) in [6.07, 6.45) is -3.77. The molecule has 6 heteroatoms. The number of urea groups is 1. The summed E-state index contributed by atoms with van der Waals surface area (Å²) >= 11 is 0. The highest BCUT2D eigenvalue weighted by atomic mass is 19.4. The summed E-state index contributed by atoms with van der Waals surface area (Å²) < 4.78 is 35.9. The second kappa shape index (κ2) is 3.43. The molecule has 1 saturated heterocycles. The minimum Gasteiger partial charge on any atom is -0.336 e. The first-order valence-electron chi connectivity index (χ1n) is 4.05. The van der Waals surface area contributed by atoms with Crippen LogP contribution >= 0.6 is 0 Å². The summed E-state index contributed by atoms with van der Waals surface area (Å²) in [7, 11) is 0. The fourth-order valence-corrected chi connectivity index (χ4v) is 1.34. The predicted octanol–water partition coefficient (Wildman–Crippen LogP) is 1.35. The molecule has 0 unspecified atom stereocenters. The molecule has 1 aliphatic heterocycles. The van der Waals surface area contributed by atoms with Crippen molar-refractivity contribution in [1.29, 1.82) is 0 Å². The Hall–Kier alpha value is -0.940. The average Bonchev–Trinajstić information content (AvgIpc) is 2.30. The lowest BCUT2D eigenvalue weighted by atomic mass is 10.2. The molecule has 1 atom stereocenters. The van der Waals surface area contributed by atoms with Crippen molar-refractivity contribution in [2.24, 2.45) is 0 Å². The Morgan fingerprint density at radius 1 is 1.62 bits per heavy atom. The van der Waals surface area contributed by atoms with Crippen LogP contribution in [0.4, 0.5) is 18.0 Å². The molecule has 1 heterocycles. The van der Waals surface area contributed by atoms with Crippen molar-refractivity contribution >= 4 is 6.03 Å². The molecule has 0 saturated carbocycles. The van der Waals surface area contributed by atoms with E-state index in [1.165, 1.54) is 0 Å². The maximum atomic E-state index is 12.0. The number of nitrogens with zero attached hydrogens (tertiary/aromatic N) is 1. The monoisotopic (exact) mass is 196 g/mol. The van der Waals surface area contributed by atoms with Gasteiger partial charge in [0.15, 0.2) is 0 Å². The summed E-state index contributed by atoms with van der Waals surface area (Å²) in [4.78, 5) is 11.8. The molecule has 0 spiro atoms. The highest BCUT2D eigenvalue weighted by Gasteiger charge is 2.38. The van der Waals surface area contributed by atoms with Crippen molar-refractivity contribution in [2.75, 3.05) is 13.1 Å². The summed E-state index contributed by atoms with van der Waals surface area (Å²) in [6, 6.07) is -0.946. The first-order valence-corrected chi connectivity index (χ1v) is 4.05. The number of alkyl halides is 3. The standard InChI is InChI=1S/C7H11F3N2O/c1-2-5-3-11-6(13)12(5)4-7(8,9)10/h5H,2-4H2,1H3,(H,11,13)/t5-/m1/s1. The number of nitrogens with one attached hydrogen (secondary N) is 1. The normalized spacial score (nSPS) is 23.5. The number of amides is 2. The van der Waals surface area contributed by atoms with E-state index in [1.54, 1.807) is 6.92 Å². The van der Waals surface area contributed by atoms with Crippen LogP contribution in [0, 0.1) is 0 Å². The van der Waals surface area contributed by atoms with Crippen LogP contribution in [0.1, 0.15) is 13.3 Å². The van der Waals surface area contributed by atoms with Gasteiger partial charge in [0.1, 0.15) is 6.54 Å². The van der Waals surface area contributed by atoms with Crippen molar-refractivity contribution in [3.8, 4) is 0 Å². The Morgan fingerprint density at radius 3 is 2.69 bits per heavy atom. The summed E-state index contributed by atoms with van der Waals surface area (Å²) in [5.41, 5.74) is 0. The van der Waals surface area contributed by atoms with E-state index in [0.717, 1.165) is 4.90 Å². The van der Waals surface area contributed by atoms with Gasteiger partial charge in [0.25, 0.3) is 0 Å². The van der Waals surface area contributed by atoms with Crippen LogP contribution in [0.15, 0.2) is 0 Å². The minimum atomic E-state index is -4.31. The van der Waals surface area contributed by atoms with E-state index < -0.39 is 18.8 Å². The van der Waals surface area contributed by atoms with Crippen LogP contribution in [-0.2, 0) is 0 Å². The molecule has 0 aromatic heterocycles. The van der Waals surface area contributed by atoms with E-state index in [0.29, 0.717) is 13.0 Å². The first kappa shape index (κ1) is 10.1. The van der Waals surface area contributed by atoms with Gasteiger partial charge in [0.05, 0.1) is 6.04 Å². The van der Waals surface area contributed by atoms with E-state index >= 15 is 0 Å². The van der Waals surface area contributed by atoms with Gasteiger partial charge in [-0.2, -0.15) is 13.2 Å². The van der Waals surface area contributed by atoms with Gasteiger partial charge in [-0.1, -0.05) is 6.92 Å². The van der Waals surface area contributed by atoms with Crippen molar-refractivity contribution in [2.45, 2.75) is 25.6 Å². The van der Waals surface area contributed by atoms with Crippen molar-refractivity contribution in [3.05, 3.63) is 0 Å². The molecule has 0 aromatic rings. The van der Waals surface area contributed by atoms with Crippen molar-refractivity contribution < 1.29 is 18.0 Å². The fourth-order valence-electron chi connectivity index (χ4n) is 1.34. The number of rotatable bonds is 2. The molecule has 1 fully saturated rings. The summed E-state index contributed by atoms with van der Waals surface area (Å²) in [5, 5.41) is 2.38. The third kappa shape index (κ3) is 2.50. The number of hydrogen-bond acceptors (Lipinski definition) is 1. The quantitative estimate of drug-likeness (QED) is 0.710. The largest absolute Gasteiger partial charge is 0.406 e. The third-order valence-electron chi connectivity index (χ3n) is 2.01. The molecular weight excluding hydrogens is 185 g/mol. The number of hydrogen-bond donors (Lipinski definition) is 1. The Bertz CT molecular complexity index is 204. The SMILES string of the molecule is CC[C@@H]1CNC(=O)N1CC(F)(F)F. The molecule has 0 bridgehead atoms. The predicted molar refractivity (Wildman–Crippen MR) is 40.2 cm³/mol. The van der Waals surface area contributed by atoms with E-state index in [4.69, 9.17) is 0 Å². The van der Waals surface area contributed by atoms with Gasteiger partial charge >= 0.3 is 12.2 Å². The van der Waals surface area contributed by atoms with Gasteiger partial charge in [0, 0.05) is 6.54 Å². The topological polar surface area (TPSA) is 32.3 Å². The van der Waals surface area contributed by atoms with Crippen LogP contribution in [0.3, 0.4) is 0 Å². The van der Waals surface area contributed by atoms with Gasteiger partial charge in [-0.25, -0.2) is 4.79 Å². The van der Waals surface area contributed by atoms with Crippen LogP contribution in [0.25, 0.3) is 0 Å². The Balaban J connectivity index is 2.60. The molecule has 3 nitrogen and oxygen atoms in total. The van der Waals surface area contributed by atoms with E-state index in [-0.39, 0.29) is 6.04 Å². The molecule has 76 valence electrons.